The van der Waals surface area contributed by atoms with Gasteiger partial charge in [0, 0.05) is 24.9 Å². The molecule has 148 valence electrons. The molecule has 0 aliphatic carbocycles. The summed E-state index contributed by atoms with van der Waals surface area (Å²) in [4.78, 5) is 14.3. The largest absolute Gasteiger partial charge is 0.573 e. The minimum Gasteiger partial charge on any atom is -0.406 e. The van der Waals surface area contributed by atoms with E-state index in [0.29, 0.717) is 6.54 Å². The van der Waals surface area contributed by atoms with Crippen LogP contribution in [0.1, 0.15) is 11.3 Å². The Hall–Kier alpha value is -2.11. The zero-order valence-corrected chi connectivity index (χ0v) is 15.8. The van der Waals surface area contributed by atoms with Crippen LogP contribution in [0.15, 0.2) is 46.7 Å². The number of nitrogens with one attached hydrogen (secondary N) is 1. The van der Waals surface area contributed by atoms with Crippen molar-refractivity contribution in [3.63, 3.8) is 0 Å². The molecule has 0 radical (unpaired) electrons. The summed E-state index contributed by atoms with van der Waals surface area (Å²) in [5.74, 6) is -0.758. The summed E-state index contributed by atoms with van der Waals surface area (Å²) >= 11 is 1.51. The minimum absolute atomic E-state index is 0.0453. The third-order valence-corrected chi connectivity index (χ3v) is 5.74. The van der Waals surface area contributed by atoms with Crippen LogP contribution in [0.25, 0.3) is 0 Å². The standard InChI is InChI=1S/C16H17F3N2O4S2/c1-21(11-13-3-2-10-26-13)15(22)8-9-20-27(23,24)14-6-4-12(5-7-14)25-16(17,18)19/h2-7,10,20H,8-9,11H2,1H3. The molecule has 0 aliphatic rings. The number of hydrogen-bond donors (Lipinski definition) is 1. The van der Waals surface area contributed by atoms with E-state index in [-0.39, 0.29) is 23.8 Å². The predicted octanol–water partition coefficient (Wildman–Crippen LogP) is 2.97. The normalized spacial score (nSPS) is 12.0. The van der Waals surface area contributed by atoms with Crippen molar-refractivity contribution in [2.24, 2.45) is 0 Å². The molecule has 1 aromatic carbocycles. The van der Waals surface area contributed by atoms with Crippen molar-refractivity contribution in [1.29, 1.82) is 0 Å². The lowest BCUT2D eigenvalue weighted by Crippen LogP contribution is -2.31. The maximum absolute atomic E-state index is 12.1. The van der Waals surface area contributed by atoms with E-state index in [2.05, 4.69) is 9.46 Å². The van der Waals surface area contributed by atoms with Gasteiger partial charge in [-0.05, 0) is 35.7 Å². The molecule has 27 heavy (non-hydrogen) atoms. The number of amides is 1. The molecule has 0 fully saturated rings. The van der Waals surface area contributed by atoms with Crippen LogP contribution in [0, 0.1) is 0 Å². The van der Waals surface area contributed by atoms with Gasteiger partial charge in [-0.25, -0.2) is 13.1 Å². The number of benzene rings is 1. The Morgan fingerprint density at radius 2 is 1.89 bits per heavy atom. The van der Waals surface area contributed by atoms with Crippen molar-refractivity contribution in [2.75, 3.05) is 13.6 Å². The molecular weight excluding hydrogens is 405 g/mol. The van der Waals surface area contributed by atoms with Crippen LogP contribution in [-0.4, -0.2) is 39.2 Å². The molecule has 1 N–H and O–H groups in total. The first-order valence-electron chi connectivity index (χ1n) is 7.69. The first kappa shape index (κ1) is 21.2. The summed E-state index contributed by atoms with van der Waals surface area (Å²) in [5, 5.41) is 1.90. The molecule has 1 aromatic heterocycles. The third kappa shape index (κ3) is 6.85. The van der Waals surface area contributed by atoms with Crippen LogP contribution in [0.2, 0.25) is 0 Å². The summed E-state index contributed by atoms with van der Waals surface area (Å²) in [7, 11) is -2.33. The fourth-order valence-corrected chi connectivity index (χ4v) is 3.90. The molecule has 2 rings (SSSR count). The molecule has 0 saturated carbocycles. The van der Waals surface area contributed by atoms with Gasteiger partial charge in [0.1, 0.15) is 5.75 Å². The van der Waals surface area contributed by atoms with Crippen molar-refractivity contribution >= 4 is 27.3 Å². The molecule has 6 nitrogen and oxygen atoms in total. The lowest BCUT2D eigenvalue weighted by atomic mass is 10.3. The van der Waals surface area contributed by atoms with E-state index in [4.69, 9.17) is 0 Å². The second kappa shape index (κ2) is 8.72. The van der Waals surface area contributed by atoms with E-state index in [1.54, 1.807) is 7.05 Å². The van der Waals surface area contributed by atoms with E-state index >= 15 is 0 Å². The number of sulfonamides is 1. The van der Waals surface area contributed by atoms with Crippen molar-refractivity contribution in [3.05, 3.63) is 46.7 Å². The Balaban J connectivity index is 1.86. The number of carbonyl (C=O) groups excluding carboxylic acids is 1. The number of hydrogen-bond acceptors (Lipinski definition) is 5. The molecule has 11 heteroatoms. The average Bonchev–Trinajstić information content (AvgIpc) is 3.06. The lowest BCUT2D eigenvalue weighted by molar-refractivity contribution is -0.274. The first-order valence-corrected chi connectivity index (χ1v) is 10.0. The van der Waals surface area contributed by atoms with Gasteiger partial charge in [0.25, 0.3) is 0 Å². The highest BCUT2D eigenvalue weighted by atomic mass is 32.2. The molecule has 0 bridgehead atoms. The van der Waals surface area contributed by atoms with Gasteiger partial charge in [-0.15, -0.1) is 24.5 Å². The third-order valence-electron chi connectivity index (χ3n) is 3.40. The molecule has 0 aliphatic heterocycles. The van der Waals surface area contributed by atoms with Gasteiger partial charge < -0.3 is 9.64 Å². The fraction of sp³-hybridized carbons (Fsp3) is 0.312. The lowest BCUT2D eigenvalue weighted by Gasteiger charge is -2.16. The van der Waals surface area contributed by atoms with Crippen LogP contribution in [0.3, 0.4) is 0 Å². The highest BCUT2D eigenvalue weighted by Crippen LogP contribution is 2.23. The molecule has 0 saturated heterocycles. The molecule has 1 amide bonds. The van der Waals surface area contributed by atoms with E-state index in [0.717, 1.165) is 29.1 Å². The monoisotopic (exact) mass is 422 g/mol. The van der Waals surface area contributed by atoms with Crippen LogP contribution in [0.5, 0.6) is 5.75 Å². The summed E-state index contributed by atoms with van der Waals surface area (Å²) in [6.07, 6.45) is -4.90. The van der Waals surface area contributed by atoms with E-state index in [9.17, 15) is 26.4 Å². The molecule has 0 atom stereocenters. The molecule has 0 spiro atoms. The minimum atomic E-state index is -4.85. The number of rotatable bonds is 8. The number of nitrogens with zero attached hydrogens (tertiary/aromatic N) is 1. The van der Waals surface area contributed by atoms with Gasteiger partial charge >= 0.3 is 6.36 Å². The second-order valence-corrected chi connectivity index (χ2v) is 8.30. The molecule has 0 unspecified atom stereocenters. The van der Waals surface area contributed by atoms with Crippen molar-refractivity contribution < 1.29 is 31.1 Å². The van der Waals surface area contributed by atoms with Gasteiger partial charge in [-0.2, -0.15) is 0 Å². The zero-order chi connectivity index (χ0) is 20.1. The second-order valence-electron chi connectivity index (χ2n) is 5.50. The zero-order valence-electron chi connectivity index (χ0n) is 14.2. The Morgan fingerprint density at radius 1 is 1.22 bits per heavy atom. The highest BCUT2D eigenvalue weighted by Gasteiger charge is 2.31. The summed E-state index contributed by atoms with van der Waals surface area (Å²) in [6.45, 7) is 0.306. The van der Waals surface area contributed by atoms with E-state index in [1.807, 2.05) is 17.5 Å². The molecule has 1 heterocycles. The maximum Gasteiger partial charge on any atom is 0.573 e. The summed E-state index contributed by atoms with van der Waals surface area (Å²) < 4.78 is 66.6. The van der Waals surface area contributed by atoms with Gasteiger partial charge in [-0.3, -0.25) is 4.79 Å². The van der Waals surface area contributed by atoms with Crippen LogP contribution >= 0.6 is 11.3 Å². The fourth-order valence-electron chi connectivity index (χ4n) is 2.11. The van der Waals surface area contributed by atoms with Crippen molar-refractivity contribution in [2.45, 2.75) is 24.2 Å². The summed E-state index contributed by atoms with van der Waals surface area (Å²) in [5.41, 5.74) is 0. The number of halogens is 3. The van der Waals surface area contributed by atoms with Crippen LogP contribution in [0.4, 0.5) is 13.2 Å². The Labute approximate surface area is 158 Å². The maximum atomic E-state index is 12.1. The number of ether oxygens (including phenoxy) is 1. The van der Waals surface area contributed by atoms with Gasteiger partial charge in [0.15, 0.2) is 0 Å². The quantitative estimate of drug-likeness (QED) is 0.710. The van der Waals surface area contributed by atoms with Gasteiger partial charge in [0.2, 0.25) is 15.9 Å². The molecular formula is C16H17F3N2O4S2. The van der Waals surface area contributed by atoms with Gasteiger partial charge in [-0.1, -0.05) is 6.07 Å². The van der Waals surface area contributed by atoms with Crippen molar-refractivity contribution in [1.82, 2.24) is 9.62 Å². The van der Waals surface area contributed by atoms with Crippen LogP contribution in [-0.2, 0) is 21.4 Å². The van der Waals surface area contributed by atoms with E-state index in [1.165, 1.54) is 16.2 Å². The number of carbonyl (C=O) groups is 1. The Bertz CT molecular complexity index is 851. The Morgan fingerprint density at radius 3 is 2.44 bits per heavy atom. The highest BCUT2D eigenvalue weighted by molar-refractivity contribution is 7.89. The van der Waals surface area contributed by atoms with Crippen molar-refractivity contribution in [3.8, 4) is 5.75 Å². The number of alkyl halides is 3. The average molecular weight is 422 g/mol. The topological polar surface area (TPSA) is 75.7 Å². The molecule has 2 aromatic rings. The van der Waals surface area contributed by atoms with Gasteiger partial charge in [0.05, 0.1) is 11.4 Å². The predicted molar refractivity (Wildman–Crippen MR) is 93.7 cm³/mol. The Kier molecular flexibility index (Phi) is 6.84. The first-order chi connectivity index (χ1) is 12.6. The summed E-state index contributed by atoms with van der Waals surface area (Å²) in [6, 6.07) is 7.56. The van der Waals surface area contributed by atoms with E-state index < -0.39 is 22.1 Å². The smallest absolute Gasteiger partial charge is 0.406 e. The SMILES string of the molecule is CN(Cc1cccs1)C(=O)CCNS(=O)(=O)c1ccc(OC(F)(F)F)cc1. The van der Waals surface area contributed by atoms with Crippen LogP contribution < -0.4 is 9.46 Å². The number of thiophene rings is 1.